The Hall–Kier alpha value is -2.81. The molecule has 506 valence electrons. The van der Waals surface area contributed by atoms with Crippen LogP contribution in [0.2, 0.25) is 0 Å². The van der Waals surface area contributed by atoms with Crippen LogP contribution in [-0.2, 0) is 27.9 Å². The highest BCUT2D eigenvalue weighted by Gasteiger charge is 2.30. The number of quaternary nitrogens is 1. The van der Waals surface area contributed by atoms with Crippen LogP contribution in [0.25, 0.3) is 0 Å². The molecule has 3 atom stereocenters. The Morgan fingerprint density at radius 1 is 0.402 bits per heavy atom. The van der Waals surface area contributed by atoms with Crippen molar-refractivity contribution in [2.24, 2.45) is 0 Å². The summed E-state index contributed by atoms with van der Waals surface area (Å²) in [7, 11) is 1.50. The van der Waals surface area contributed by atoms with E-state index in [1.54, 1.807) is 0 Å². The number of carbonyl (C=O) groups is 2. The molecule has 0 aliphatic heterocycles. The van der Waals surface area contributed by atoms with Gasteiger partial charge in [-0.1, -0.05) is 305 Å². The zero-order chi connectivity index (χ0) is 63.5. The summed E-state index contributed by atoms with van der Waals surface area (Å²) in [5.74, 6) is -0.502. The minimum atomic E-state index is -4.46. The fourth-order valence-electron chi connectivity index (χ4n) is 10.6. The van der Waals surface area contributed by atoms with E-state index >= 15 is 0 Å². The van der Waals surface area contributed by atoms with Crippen LogP contribution in [0.3, 0.4) is 0 Å². The number of nitrogens with zero attached hydrogens (tertiary/aromatic N) is 1. The van der Waals surface area contributed by atoms with E-state index in [9.17, 15) is 19.0 Å². The SMILES string of the molecule is CCCCC/C=C\C/C=C\C/C=C\CCCCCCCCCCCCCCCCC(=O)OC(/C=C/CCCCCCCCCCC)C(COP(=O)(O)OCC[N+](C)(C)C)NC(=O)CCCCCCCCCCCC/C=C\C/C=C\C/C=C\CCCCC. The van der Waals surface area contributed by atoms with Gasteiger partial charge in [0, 0.05) is 12.8 Å². The van der Waals surface area contributed by atoms with Crippen molar-refractivity contribution < 1.29 is 37.3 Å². The second-order valence-electron chi connectivity index (χ2n) is 26.1. The molecule has 0 spiro atoms. The maximum atomic E-state index is 13.6. The molecule has 2 N–H and O–H groups in total. The number of phosphoric acid groups is 1. The number of hydrogen-bond acceptors (Lipinski definition) is 6. The molecule has 0 saturated heterocycles. The molecule has 0 aliphatic rings. The first-order valence-electron chi connectivity index (χ1n) is 36.9. The molecule has 0 heterocycles. The van der Waals surface area contributed by atoms with E-state index in [0.717, 1.165) is 83.5 Å². The molecule has 87 heavy (non-hydrogen) atoms. The zero-order valence-corrected chi connectivity index (χ0v) is 58.9. The summed E-state index contributed by atoms with van der Waals surface area (Å²) in [5.41, 5.74) is 0. The van der Waals surface area contributed by atoms with Gasteiger partial charge < -0.3 is 19.4 Å². The lowest BCUT2D eigenvalue weighted by molar-refractivity contribution is -0.870. The molecule has 0 rings (SSSR count). The molecule has 10 heteroatoms. The van der Waals surface area contributed by atoms with Crippen molar-refractivity contribution in [1.82, 2.24) is 5.32 Å². The van der Waals surface area contributed by atoms with Gasteiger partial charge in [0.1, 0.15) is 19.3 Å². The van der Waals surface area contributed by atoms with Crippen molar-refractivity contribution in [3.63, 3.8) is 0 Å². The number of unbranched alkanes of at least 4 members (excludes halogenated alkanes) is 39. The van der Waals surface area contributed by atoms with Crippen LogP contribution < -0.4 is 5.32 Å². The lowest BCUT2D eigenvalue weighted by Gasteiger charge is -2.27. The maximum absolute atomic E-state index is 13.6. The van der Waals surface area contributed by atoms with Crippen LogP contribution in [0.5, 0.6) is 0 Å². The minimum absolute atomic E-state index is 0.0375. The maximum Gasteiger partial charge on any atom is 0.472 e. The molecule has 0 fully saturated rings. The summed E-state index contributed by atoms with van der Waals surface area (Å²) >= 11 is 0. The highest BCUT2D eigenvalue weighted by molar-refractivity contribution is 7.47. The summed E-state index contributed by atoms with van der Waals surface area (Å²) < 4.78 is 30.8. The fraction of sp³-hybridized carbons (Fsp3) is 0.792. The molecule has 1 amide bonds. The van der Waals surface area contributed by atoms with Crippen LogP contribution >= 0.6 is 7.82 Å². The van der Waals surface area contributed by atoms with Gasteiger partial charge in [0.2, 0.25) is 5.91 Å². The van der Waals surface area contributed by atoms with Crippen LogP contribution in [0.4, 0.5) is 0 Å². The monoisotopic (exact) mass is 1240 g/mol. The fourth-order valence-corrected chi connectivity index (χ4v) is 11.3. The third-order valence-corrected chi connectivity index (χ3v) is 17.3. The van der Waals surface area contributed by atoms with E-state index in [1.165, 1.54) is 225 Å². The Labute approximate surface area is 539 Å². The largest absolute Gasteiger partial charge is 0.472 e. The molecule has 0 radical (unpaired) electrons. The van der Waals surface area contributed by atoms with Gasteiger partial charge in [-0.15, -0.1) is 0 Å². The molecule has 0 saturated carbocycles. The van der Waals surface area contributed by atoms with Crippen molar-refractivity contribution in [2.75, 3.05) is 40.9 Å². The first-order valence-corrected chi connectivity index (χ1v) is 38.4. The molecular weight excluding hydrogens is 1100 g/mol. The van der Waals surface area contributed by atoms with E-state index in [0.29, 0.717) is 17.4 Å². The summed E-state index contributed by atoms with van der Waals surface area (Å²) in [4.78, 5) is 37.9. The van der Waals surface area contributed by atoms with E-state index in [1.807, 2.05) is 33.3 Å². The Morgan fingerprint density at radius 3 is 1.07 bits per heavy atom. The van der Waals surface area contributed by atoms with E-state index in [4.69, 9.17) is 13.8 Å². The molecular formula is C77H142N2O7P+. The van der Waals surface area contributed by atoms with Gasteiger partial charge in [0.05, 0.1) is 33.8 Å². The molecule has 3 unspecified atom stereocenters. The number of ether oxygens (including phenoxy) is 1. The van der Waals surface area contributed by atoms with Crippen molar-refractivity contribution in [3.05, 3.63) is 85.1 Å². The van der Waals surface area contributed by atoms with Gasteiger partial charge in [0.15, 0.2) is 0 Å². The smallest absolute Gasteiger partial charge is 0.456 e. The van der Waals surface area contributed by atoms with Crippen molar-refractivity contribution in [3.8, 4) is 0 Å². The predicted molar refractivity (Wildman–Crippen MR) is 378 cm³/mol. The second kappa shape index (κ2) is 66.1. The highest BCUT2D eigenvalue weighted by Crippen LogP contribution is 2.43. The molecule has 0 bridgehead atoms. The number of likely N-dealkylation sites (N-methyl/N-ethyl adjacent to an activating group) is 1. The van der Waals surface area contributed by atoms with E-state index < -0.39 is 20.0 Å². The van der Waals surface area contributed by atoms with Gasteiger partial charge in [0.25, 0.3) is 0 Å². The summed E-state index contributed by atoms with van der Waals surface area (Å²) in [6, 6.07) is -0.855. The van der Waals surface area contributed by atoms with Crippen molar-refractivity contribution in [1.29, 1.82) is 0 Å². The van der Waals surface area contributed by atoms with Crippen LogP contribution in [-0.4, -0.2) is 74.3 Å². The molecule has 0 aliphatic carbocycles. The molecule has 0 aromatic heterocycles. The quantitative estimate of drug-likeness (QED) is 0.0205. The Bertz CT molecular complexity index is 1760. The van der Waals surface area contributed by atoms with Gasteiger partial charge in [-0.05, 0) is 109 Å². The lowest BCUT2D eigenvalue weighted by atomic mass is 10.0. The predicted octanol–water partition coefficient (Wildman–Crippen LogP) is 23.7. The molecule has 0 aromatic carbocycles. The third kappa shape index (κ3) is 67.4. The summed E-state index contributed by atoms with van der Waals surface area (Å²) in [5, 5.41) is 3.07. The van der Waals surface area contributed by atoms with Crippen molar-refractivity contribution in [2.45, 2.75) is 354 Å². The van der Waals surface area contributed by atoms with Crippen LogP contribution in [0.15, 0.2) is 85.1 Å². The van der Waals surface area contributed by atoms with E-state index in [-0.39, 0.29) is 31.5 Å². The van der Waals surface area contributed by atoms with Gasteiger partial charge in [-0.3, -0.25) is 18.6 Å². The number of allylic oxidation sites excluding steroid dienone is 13. The third-order valence-electron chi connectivity index (χ3n) is 16.3. The lowest BCUT2D eigenvalue weighted by Crippen LogP contribution is -2.47. The molecule has 9 nitrogen and oxygen atoms in total. The first-order chi connectivity index (χ1) is 42.4. The van der Waals surface area contributed by atoms with Crippen molar-refractivity contribution >= 4 is 19.7 Å². The first kappa shape index (κ1) is 84.2. The number of rotatable bonds is 67. The summed E-state index contributed by atoms with van der Waals surface area (Å²) in [6.45, 7) is 6.98. The van der Waals surface area contributed by atoms with Gasteiger partial charge in [-0.2, -0.15) is 0 Å². The van der Waals surface area contributed by atoms with Gasteiger partial charge in [-0.25, -0.2) is 4.57 Å². The topological polar surface area (TPSA) is 111 Å². The average Bonchev–Trinajstić information content (AvgIpc) is 3.70. The van der Waals surface area contributed by atoms with E-state index in [2.05, 4.69) is 99.0 Å². The Morgan fingerprint density at radius 2 is 0.701 bits per heavy atom. The normalized spacial score (nSPS) is 14.0. The number of phosphoric ester groups is 1. The highest BCUT2D eigenvalue weighted by atomic mass is 31.2. The number of hydrogen-bond donors (Lipinski definition) is 2. The Balaban J connectivity index is 4.97. The van der Waals surface area contributed by atoms with Crippen LogP contribution in [0, 0.1) is 0 Å². The Kier molecular flexibility index (Phi) is 64.0. The second-order valence-corrected chi connectivity index (χ2v) is 27.6. The number of esters is 1. The number of nitrogens with one attached hydrogen (secondary N) is 1. The molecule has 0 aromatic rings. The standard InChI is InChI=1S/C77H141N2O7P/c1-7-10-13-16-19-22-25-27-29-31-33-35-37-38-39-40-42-44-46-48-50-52-55-58-61-64-67-70-77(81)86-75(68-65-62-59-56-53-24-21-18-15-12-9-3)74(73-85-87(82,83)84-72-71-79(4,5)6)78-76(80)69-66-63-60-57-54-51-49-47-45-43-41-36-34-32-30-28-26-23-20-17-14-11-8-2/h19-20,22-23,27-30,33-36,65,68,74-75H,7-18,21,24-26,31-32,37-64,66-67,69-73H2,1-6H3,(H-,78,80,82,83)/p+1/b22-19-,23-20-,29-27-,30-28-,35-33-,36-34-,68-65+. The van der Waals surface area contributed by atoms with Crippen LogP contribution in [0.1, 0.15) is 342 Å². The average molecular weight is 1240 g/mol. The number of amides is 1. The summed E-state index contributed by atoms with van der Waals surface area (Å²) in [6.07, 6.45) is 88.8. The van der Waals surface area contributed by atoms with Gasteiger partial charge >= 0.3 is 13.8 Å². The number of carbonyl (C=O) groups excluding carboxylic acids is 2. The minimum Gasteiger partial charge on any atom is -0.456 e. The zero-order valence-electron chi connectivity index (χ0n) is 58.0.